The number of nitrogens with two attached hydrogens (primary N) is 1. The number of hydrogen-bond donors (Lipinski definition) is 1. The van der Waals surface area contributed by atoms with Crippen molar-refractivity contribution >= 4 is 5.97 Å². The van der Waals surface area contributed by atoms with Gasteiger partial charge >= 0.3 is 5.97 Å². The molecule has 5 heteroatoms. The highest BCUT2D eigenvalue weighted by molar-refractivity contribution is 5.76. The Balaban J connectivity index is 2.94. The quantitative estimate of drug-likeness (QED) is 0.722. The van der Waals surface area contributed by atoms with Crippen molar-refractivity contribution in [3.05, 3.63) is 18.0 Å². The highest BCUT2D eigenvalue weighted by Crippen LogP contribution is 2.15. The average Bonchev–Trinajstić information content (AvgIpc) is 2.63. The Morgan fingerprint density at radius 2 is 2.29 bits per heavy atom. The normalized spacial score (nSPS) is 12.9. The van der Waals surface area contributed by atoms with Crippen molar-refractivity contribution in [1.29, 1.82) is 0 Å². The minimum absolute atomic E-state index is 0.177. The van der Waals surface area contributed by atoms with Crippen LogP contribution < -0.4 is 5.73 Å². The van der Waals surface area contributed by atoms with Gasteiger partial charge in [0, 0.05) is 12.2 Å². The van der Waals surface area contributed by atoms with Gasteiger partial charge in [-0.25, -0.2) is 4.79 Å². The van der Waals surface area contributed by atoms with Crippen molar-refractivity contribution in [1.82, 2.24) is 9.78 Å². The van der Waals surface area contributed by atoms with Crippen molar-refractivity contribution < 1.29 is 9.53 Å². The molecule has 0 saturated carbocycles. The standard InChI is InChI=1S/C9H15N3O2/c1-6(2)12-7(4-5-11-12)8(10)9(13)14-3/h4-6,8H,10H2,1-3H3. The van der Waals surface area contributed by atoms with Crippen molar-refractivity contribution in [3.8, 4) is 0 Å². The molecule has 0 bridgehead atoms. The summed E-state index contributed by atoms with van der Waals surface area (Å²) in [6, 6.07) is 1.14. The molecule has 0 fully saturated rings. The topological polar surface area (TPSA) is 70.1 Å². The first kappa shape index (κ1) is 10.7. The van der Waals surface area contributed by atoms with E-state index in [-0.39, 0.29) is 6.04 Å². The Kier molecular flexibility index (Phi) is 3.24. The van der Waals surface area contributed by atoms with Crippen molar-refractivity contribution in [2.45, 2.75) is 25.9 Å². The molecule has 14 heavy (non-hydrogen) atoms. The van der Waals surface area contributed by atoms with E-state index in [1.54, 1.807) is 16.9 Å². The lowest BCUT2D eigenvalue weighted by molar-refractivity contribution is -0.142. The fourth-order valence-electron chi connectivity index (χ4n) is 1.25. The monoisotopic (exact) mass is 197 g/mol. The van der Waals surface area contributed by atoms with Gasteiger partial charge in [0.1, 0.15) is 6.04 Å². The number of methoxy groups -OCH3 is 1. The van der Waals surface area contributed by atoms with E-state index in [1.807, 2.05) is 13.8 Å². The smallest absolute Gasteiger partial charge is 0.328 e. The minimum atomic E-state index is -0.759. The van der Waals surface area contributed by atoms with Crippen LogP contribution >= 0.6 is 0 Å². The largest absolute Gasteiger partial charge is 0.468 e. The number of carbonyl (C=O) groups is 1. The van der Waals surface area contributed by atoms with Crippen LogP contribution in [0, 0.1) is 0 Å². The SMILES string of the molecule is COC(=O)C(N)c1ccnn1C(C)C. The summed E-state index contributed by atoms with van der Waals surface area (Å²) >= 11 is 0. The maximum Gasteiger partial charge on any atom is 0.328 e. The first-order valence-electron chi connectivity index (χ1n) is 4.44. The van der Waals surface area contributed by atoms with Gasteiger partial charge in [0.25, 0.3) is 0 Å². The molecule has 1 atom stereocenters. The predicted octanol–water partition coefficient (Wildman–Crippen LogP) is 0.637. The van der Waals surface area contributed by atoms with Gasteiger partial charge in [-0.2, -0.15) is 5.10 Å². The number of nitrogens with zero attached hydrogens (tertiary/aromatic N) is 2. The number of ether oxygens (including phenoxy) is 1. The molecule has 0 aliphatic rings. The summed E-state index contributed by atoms with van der Waals surface area (Å²) in [6.07, 6.45) is 1.62. The zero-order valence-corrected chi connectivity index (χ0v) is 8.60. The van der Waals surface area contributed by atoms with E-state index in [2.05, 4.69) is 9.84 Å². The van der Waals surface area contributed by atoms with Crippen LogP contribution in [0.25, 0.3) is 0 Å². The van der Waals surface area contributed by atoms with Gasteiger partial charge in [-0.1, -0.05) is 0 Å². The Hall–Kier alpha value is -1.36. The Labute approximate surface area is 82.8 Å². The Morgan fingerprint density at radius 3 is 2.79 bits per heavy atom. The van der Waals surface area contributed by atoms with E-state index in [0.29, 0.717) is 5.69 Å². The molecule has 0 aromatic carbocycles. The maximum atomic E-state index is 11.2. The summed E-state index contributed by atoms with van der Waals surface area (Å²) in [7, 11) is 1.32. The van der Waals surface area contributed by atoms with E-state index >= 15 is 0 Å². The number of rotatable bonds is 3. The van der Waals surface area contributed by atoms with Gasteiger partial charge < -0.3 is 10.5 Å². The molecule has 1 heterocycles. The van der Waals surface area contributed by atoms with Gasteiger partial charge in [0.05, 0.1) is 12.8 Å². The summed E-state index contributed by atoms with van der Waals surface area (Å²) < 4.78 is 6.28. The van der Waals surface area contributed by atoms with E-state index in [9.17, 15) is 4.79 Å². The van der Waals surface area contributed by atoms with Crippen LogP contribution in [-0.2, 0) is 9.53 Å². The minimum Gasteiger partial charge on any atom is -0.468 e. The lowest BCUT2D eigenvalue weighted by Gasteiger charge is -2.14. The summed E-state index contributed by atoms with van der Waals surface area (Å²) in [5.41, 5.74) is 6.37. The molecule has 78 valence electrons. The molecule has 0 aliphatic carbocycles. The highest BCUT2D eigenvalue weighted by atomic mass is 16.5. The van der Waals surface area contributed by atoms with E-state index < -0.39 is 12.0 Å². The molecule has 1 unspecified atom stereocenters. The van der Waals surface area contributed by atoms with Crippen LogP contribution in [-0.4, -0.2) is 22.9 Å². The molecule has 1 aromatic rings. The predicted molar refractivity (Wildman–Crippen MR) is 51.6 cm³/mol. The van der Waals surface area contributed by atoms with Crippen LogP contribution in [0.15, 0.2) is 12.3 Å². The first-order chi connectivity index (χ1) is 6.57. The lowest BCUT2D eigenvalue weighted by Crippen LogP contribution is -2.26. The molecule has 0 aliphatic heterocycles. The summed E-state index contributed by atoms with van der Waals surface area (Å²) in [5.74, 6) is -0.451. The average molecular weight is 197 g/mol. The van der Waals surface area contributed by atoms with Gasteiger partial charge in [-0.3, -0.25) is 4.68 Å². The maximum absolute atomic E-state index is 11.2. The molecule has 0 spiro atoms. The second kappa shape index (κ2) is 4.23. The third-order valence-electron chi connectivity index (χ3n) is 1.96. The first-order valence-corrected chi connectivity index (χ1v) is 4.44. The molecule has 0 radical (unpaired) electrons. The molecule has 2 N–H and O–H groups in total. The summed E-state index contributed by atoms with van der Waals surface area (Å²) in [6.45, 7) is 3.95. The van der Waals surface area contributed by atoms with Crippen LogP contribution in [0.5, 0.6) is 0 Å². The van der Waals surface area contributed by atoms with Crippen molar-refractivity contribution in [3.63, 3.8) is 0 Å². The van der Waals surface area contributed by atoms with Crippen LogP contribution in [0.4, 0.5) is 0 Å². The third-order valence-corrected chi connectivity index (χ3v) is 1.96. The fourth-order valence-corrected chi connectivity index (χ4v) is 1.25. The number of esters is 1. The van der Waals surface area contributed by atoms with Gasteiger partial charge in [0.2, 0.25) is 0 Å². The molecule has 0 amide bonds. The lowest BCUT2D eigenvalue weighted by atomic mass is 10.2. The summed E-state index contributed by atoms with van der Waals surface area (Å²) in [4.78, 5) is 11.2. The number of carbonyl (C=O) groups excluding carboxylic acids is 1. The zero-order chi connectivity index (χ0) is 10.7. The van der Waals surface area contributed by atoms with Gasteiger partial charge in [0.15, 0.2) is 0 Å². The second-order valence-corrected chi connectivity index (χ2v) is 3.30. The molecule has 5 nitrogen and oxygen atoms in total. The van der Waals surface area contributed by atoms with Crippen molar-refractivity contribution in [2.24, 2.45) is 5.73 Å². The molecular weight excluding hydrogens is 182 g/mol. The van der Waals surface area contributed by atoms with E-state index in [4.69, 9.17) is 5.73 Å². The molecule has 1 rings (SSSR count). The Bertz CT molecular complexity index is 320. The van der Waals surface area contributed by atoms with E-state index in [1.165, 1.54) is 7.11 Å². The van der Waals surface area contributed by atoms with Crippen LogP contribution in [0.1, 0.15) is 31.6 Å². The van der Waals surface area contributed by atoms with E-state index in [0.717, 1.165) is 0 Å². The van der Waals surface area contributed by atoms with Crippen molar-refractivity contribution in [2.75, 3.05) is 7.11 Å². The highest BCUT2D eigenvalue weighted by Gasteiger charge is 2.21. The fraction of sp³-hybridized carbons (Fsp3) is 0.556. The number of aromatic nitrogens is 2. The van der Waals surface area contributed by atoms with Crippen LogP contribution in [0.2, 0.25) is 0 Å². The zero-order valence-electron chi connectivity index (χ0n) is 8.60. The molecule has 0 saturated heterocycles. The number of hydrogen-bond acceptors (Lipinski definition) is 4. The Morgan fingerprint density at radius 1 is 1.64 bits per heavy atom. The molecular formula is C9H15N3O2. The second-order valence-electron chi connectivity index (χ2n) is 3.30. The van der Waals surface area contributed by atoms with Gasteiger partial charge in [-0.15, -0.1) is 0 Å². The summed E-state index contributed by atoms with van der Waals surface area (Å²) in [5, 5.41) is 4.08. The third kappa shape index (κ3) is 1.93. The van der Waals surface area contributed by atoms with Crippen LogP contribution in [0.3, 0.4) is 0 Å². The van der Waals surface area contributed by atoms with Gasteiger partial charge in [-0.05, 0) is 19.9 Å². The molecule has 1 aromatic heterocycles.